The van der Waals surface area contributed by atoms with Crippen LogP contribution in [0.15, 0.2) is 24.3 Å². The van der Waals surface area contributed by atoms with E-state index in [0.717, 1.165) is 6.42 Å². The number of hydrogen-bond donors (Lipinski definition) is 0. The van der Waals surface area contributed by atoms with Gasteiger partial charge in [0.05, 0.1) is 4.83 Å². The van der Waals surface area contributed by atoms with Gasteiger partial charge in [-0.25, -0.2) is 4.79 Å². The Morgan fingerprint density at radius 2 is 2.10 bits per heavy atom. The van der Waals surface area contributed by atoms with Gasteiger partial charge < -0.3 is 14.4 Å². The molecule has 1 amide bonds. The molecule has 114 valence electrons. The zero-order valence-electron chi connectivity index (χ0n) is 12.3. The Kier molecular flexibility index (Phi) is 4.56. The highest BCUT2D eigenvalue weighted by Crippen LogP contribution is 2.28. The Bertz CT molecular complexity index is 553. The van der Waals surface area contributed by atoms with Crippen LogP contribution in [0.3, 0.4) is 0 Å². The van der Waals surface area contributed by atoms with Crippen molar-refractivity contribution in [2.75, 3.05) is 11.4 Å². The minimum absolute atomic E-state index is 0.0180. The molecule has 0 spiro atoms. The van der Waals surface area contributed by atoms with Gasteiger partial charge in [-0.3, -0.25) is 4.79 Å². The fourth-order valence-corrected chi connectivity index (χ4v) is 2.44. The lowest BCUT2D eigenvalue weighted by atomic mass is 10.2. The van der Waals surface area contributed by atoms with E-state index in [1.165, 1.54) is 0 Å². The number of halogens is 1. The molecule has 2 rings (SSSR count). The number of nitrogens with zero attached hydrogens (tertiary/aromatic N) is 1. The molecule has 1 aliphatic rings. The van der Waals surface area contributed by atoms with Crippen molar-refractivity contribution in [1.82, 2.24) is 0 Å². The van der Waals surface area contributed by atoms with Gasteiger partial charge in [-0.1, -0.05) is 22.0 Å². The lowest BCUT2D eigenvalue weighted by molar-refractivity contribution is -0.116. The SMILES string of the molecule is CC(C)(C)OC(=O)Oc1cccc(N2CCC(Br)C2=O)c1. The first-order valence-electron chi connectivity index (χ1n) is 6.72. The zero-order chi connectivity index (χ0) is 15.6. The van der Waals surface area contributed by atoms with Crippen molar-refractivity contribution >= 4 is 33.7 Å². The van der Waals surface area contributed by atoms with Gasteiger partial charge in [-0.2, -0.15) is 0 Å². The first kappa shape index (κ1) is 15.8. The minimum Gasteiger partial charge on any atom is -0.428 e. The minimum atomic E-state index is -0.759. The van der Waals surface area contributed by atoms with Crippen LogP contribution in [0, 0.1) is 0 Å². The van der Waals surface area contributed by atoms with Crippen LogP contribution in [0.5, 0.6) is 5.75 Å². The molecule has 1 aromatic rings. The molecule has 1 atom stereocenters. The summed E-state index contributed by atoms with van der Waals surface area (Å²) in [6, 6.07) is 6.86. The third-order valence-corrected chi connectivity index (χ3v) is 3.71. The van der Waals surface area contributed by atoms with Crippen LogP contribution in [0.2, 0.25) is 0 Å². The van der Waals surface area contributed by atoms with Crippen LogP contribution in [0.1, 0.15) is 27.2 Å². The van der Waals surface area contributed by atoms with Gasteiger partial charge in [0.15, 0.2) is 0 Å². The molecule has 0 aromatic heterocycles. The smallest absolute Gasteiger partial charge is 0.428 e. The molecule has 0 radical (unpaired) electrons. The molecule has 1 heterocycles. The highest BCUT2D eigenvalue weighted by Gasteiger charge is 2.30. The van der Waals surface area contributed by atoms with E-state index in [2.05, 4.69) is 15.9 Å². The summed E-state index contributed by atoms with van der Waals surface area (Å²) in [5.74, 6) is 0.372. The maximum Gasteiger partial charge on any atom is 0.514 e. The number of benzene rings is 1. The van der Waals surface area contributed by atoms with Crippen LogP contribution >= 0.6 is 15.9 Å². The summed E-state index contributed by atoms with van der Waals surface area (Å²) in [5, 5.41) is 0. The third-order valence-electron chi connectivity index (χ3n) is 2.86. The van der Waals surface area contributed by atoms with Gasteiger partial charge in [0.1, 0.15) is 11.4 Å². The number of carbonyl (C=O) groups excluding carboxylic acids is 2. The van der Waals surface area contributed by atoms with Gasteiger partial charge in [-0.15, -0.1) is 0 Å². The van der Waals surface area contributed by atoms with E-state index in [1.54, 1.807) is 43.9 Å². The molecular weight excluding hydrogens is 338 g/mol. The molecule has 1 aromatic carbocycles. The van der Waals surface area contributed by atoms with Gasteiger partial charge in [0, 0.05) is 18.3 Å². The Morgan fingerprint density at radius 1 is 1.38 bits per heavy atom. The van der Waals surface area contributed by atoms with E-state index in [-0.39, 0.29) is 10.7 Å². The van der Waals surface area contributed by atoms with Crippen LogP contribution < -0.4 is 9.64 Å². The summed E-state index contributed by atoms with van der Waals surface area (Å²) in [5.41, 5.74) is 0.103. The first-order valence-corrected chi connectivity index (χ1v) is 7.64. The number of anilines is 1. The number of alkyl halides is 1. The zero-order valence-corrected chi connectivity index (χ0v) is 13.8. The second-order valence-electron chi connectivity index (χ2n) is 5.81. The highest BCUT2D eigenvalue weighted by molar-refractivity contribution is 9.10. The van der Waals surface area contributed by atoms with Crippen LogP contribution in [0.25, 0.3) is 0 Å². The van der Waals surface area contributed by atoms with Gasteiger partial charge in [0.2, 0.25) is 5.91 Å². The van der Waals surface area contributed by atoms with Gasteiger partial charge >= 0.3 is 6.16 Å². The van der Waals surface area contributed by atoms with Crippen molar-refractivity contribution in [1.29, 1.82) is 0 Å². The van der Waals surface area contributed by atoms with E-state index in [9.17, 15) is 9.59 Å². The first-order chi connectivity index (χ1) is 9.76. The Hall–Kier alpha value is -1.56. The number of hydrogen-bond acceptors (Lipinski definition) is 4. The lowest BCUT2D eigenvalue weighted by Crippen LogP contribution is -2.27. The van der Waals surface area contributed by atoms with Gasteiger partial charge in [-0.05, 0) is 39.3 Å². The highest BCUT2D eigenvalue weighted by atomic mass is 79.9. The third kappa shape index (κ3) is 4.20. The van der Waals surface area contributed by atoms with Crippen LogP contribution in [-0.2, 0) is 9.53 Å². The molecule has 1 saturated heterocycles. The number of amides is 1. The quantitative estimate of drug-likeness (QED) is 0.462. The fourth-order valence-electron chi connectivity index (χ4n) is 1.98. The largest absolute Gasteiger partial charge is 0.514 e. The average Bonchev–Trinajstić information content (AvgIpc) is 2.68. The molecule has 0 aliphatic carbocycles. The second-order valence-corrected chi connectivity index (χ2v) is 6.92. The van der Waals surface area contributed by atoms with E-state index in [4.69, 9.17) is 9.47 Å². The summed E-state index contributed by atoms with van der Waals surface area (Å²) in [6.45, 7) is 5.95. The van der Waals surface area contributed by atoms with E-state index < -0.39 is 11.8 Å². The molecule has 6 heteroatoms. The molecule has 5 nitrogen and oxygen atoms in total. The van der Waals surface area contributed by atoms with Crippen molar-refractivity contribution in [3.05, 3.63) is 24.3 Å². The van der Waals surface area contributed by atoms with Crippen molar-refractivity contribution in [2.45, 2.75) is 37.6 Å². The average molecular weight is 356 g/mol. The summed E-state index contributed by atoms with van der Waals surface area (Å²) < 4.78 is 10.2. The lowest BCUT2D eigenvalue weighted by Gasteiger charge is -2.19. The molecule has 0 N–H and O–H groups in total. The summed E-state index contributed by atoms with van der Waals surface area (Å²) >= 11 is 3.34. The predicted octanol–water partition coefficient (Wildman–Crippen LogP) is 3.50. The maximum atomic E-state index is 12.0. The topological polar surface area (TPSA) is 55.8 Å². The molecule has 0 saturated carbocycles. The molecule has 0 bridgehead atoms. The van der Waals surface area contributed by atoms with Crippen LogP contribution in [0.4, 0.5) is 10.5 Å². The summed E-state index contributed by atoms with van der Waals surface area (Å²) in [4.78, 5) is 25.1. The summed E-state index contributed by atoms with van der Waals surface area (Å²) in [7, 11) is 0. The Labute approximate surface area is 132 Å². The van der Waals surface area contributed by atoms with Crippen molar-refractivity contribution < 1.29 is 19.1 Å². The number of carbonyl (C=O) groups is 2. The Balaban J connectivity index is 2.08. The Morgan fingerprint density at radius 3 is 2.67 bits per heavy atom. The maximum absolute atomic E-state index is 12.0. The number of ether oxygens (including phenoxy) is 2. The fraction of sp³-hybridized carbons (Fsp3) is 0.467. The van der Waals surface area contributed by atoms with E-state index >= 15 is 0 Å². The van der Waals surface area contributed by atoms with E-state index in [1.807, 2.05) is 6.07 Å². The van der Waals surface area contributed by atoms with E-state index in [0.29, 0.717) is 18.0 Å². The predicted molar refractivity (Wildman–Crippen MR) is 83.0 cm³/mol. The molecular formula is C15H18BrNO4. The van der Waals surface area contributed by atoms with Crippen LogP contribution in [-0.4, -0.2) is 29.0 Å². The van der Waals surface area contributed by atoms with Crippen molar-refractivity contribution in [3.63, 3.8) is 0 Å². The molecule has 21 heavy (non-hydrogen) atoms. The molecule has 1 unspecified atom stereocenters. The molecule has 1 fully saturated rings. The van der Waals surface area contributed by atoms with Crippen molar-refractivity contribution in [2.24, 2.45) is 0 Å². The molecule has 1 aliphatic heterocycles. The normalized spacial score (nSPS) is 18.8. The second kappa shape index (κ2) is 6.05. The van der Waals surface area contributed by atoms with Crippen molar-refractivity contribution in [3.8, 4) is 5.75 Å². The monoisotopic (exact) mass is 355 g/mol. The standard InChI is InChI=1S/C15H18BrNO4/c1-15(2,3)21-14(19)20-11-6-4-5-10(9-11)17-8-7-12(16)13(17)18/h4-6,9,12H,7-8H2,1-3H3. The summed E-state index contributed by atoms with van der Waals surface area (Å²) in [6.07, 6.45) is 0.00136. The number of rotatable bonds is 2. The van der Waals surface area contributed by atoms with Gasteiger partial charge in [0.25, 0.3) is 0 Å².